The topological polar surface area (TPSA) is 72.2 Å². The first-order chi connectivity index (χ1) is 8.40. The summed E-state index contributed by atoms with van der Waals surface area (Å²) in [6.07, 6.45) is 2.80. The number of carbonyl (C=O) groups excluding carboxylic acids is 2. The molecule has 0 saturated carbocycles. The maximum Gasteiger partial charge on any atom is 0.244 e. The Balaban J connectivity index is 2.69. The molecule has 0 bridgehead atoms. The van der Waals surface area contributed by atoms with Gasteiger partial charge in [0.25, 0.3) is 0 Å². The van der Waals surface area contributed by atoms with E-state index in [0.717, 1.165) is 0 Å². The largest absolute Gasteiger partial charge is 0.368 e. The van der Waals surface area contributed by atoms with E-state index < -0.39 is 17.9 Å². The van der Waals surface area contributed by atoms with Gasteiger partial charge >= 0.3 is 0 Å². The molecule has 0 aliphatic heterocycles. The minimum atomic E-state index is -0.720. The van der Waals surface area contributed by atoms with E-state index in [1.807, 2.05) is 0 Å². The highest BCUT2D eigenvalue weighted by atomic mass is 35.5. The summed E-state index contributed by atoms with van der Waals surface area (Å²) in [5.74, 6) is -1.02. The summed E-state index contributed by atoms with van der Waals surface area (Å²) in [4.78, 5) is 22.2. The molecule has 0 aromatic heterocycles. The molecule has 0 unspecified atom stereocenters. The first-order valence-electron chi connectivity index (χ1n) is 5.13. The second-order valence-corrected chi connectivity index (χ2v) is 4.48. The van der Waals surface area contributed by atoms with Gasteiger partial charge in [0.05, 0.1) is 0 Å². The molecule has 18 heavy (non-hydrogen) atoms. The molecule has 0 radical (unpaired) electrons. The normalized spacial score (nSPS) is 12.4. The van der Waals surface area contributed by atoms with E-state index in [-0.39, 0.29) is 0 Å². The molecule has 0 spiro atoms. The van der Waals surface area contributed by atoms with E-state index >= 15 is 0 Å². The highest BCUT2D eigenvalue weighted by Crippen LogP contribution is 2.21. The van der Waals surface area contributed by atoms with Gasteiger partial charge in [0.1, 0.15) is 6.04 Å². The Kier molecular flexibility index (Phi) is 5.19. The van der Waals surface area contributed by atoms with Crippen molar-refractivity contribution in [3.8, 4) is 0 Å². The van der Waals surface area contributed by atoms with Crippen LogP contribution in [0.5, 0.6) is 0 Å². The summed E-state index contributed by atoms with van der Waals surface area (Å²) < 4.78 is 0. The SMILES string of the molecule is C[C@@H](NC(=O)/C=C\c1ccc(Cl)cc1Cl)C(N)=O. The molecular formula is C12H12Cl2N2O2. The van der Waals surface area contributed by atoms with Crippen LogP contribution < -0.4 is 11.1 Å². The molecule has 3 N–H and O–H groups in total. The van der Waals surface area contributed by atoms with E-state index in [4.69, 9.17) is 28.9 Å². The first kappa shape index (κ1) is 14.5. The van der Waals surface area contributed by atoms with Gasteiger partial charge in [0.2, 0.25) is 11.8 Å². The number of benzene rings is 1. The van der Waals surface area contributed by atoms with Crippen LogP contribution in [0.25, 0.3) is 6.08 Å². The zero-order valence-corrected chi connectivity index (χ0v) is 11.1. The van der Waals surface area contributed by atoms with Crippen LogP contribution >= 0.6 is 23.2 Å². The van der Waals surface area contributed by atoms with Crippen molar-refractivity contribution in [3.05, 3.63) is 39.9 Å². The molecule has 0 aliphatic rings. The maximum atomic E-state index is 11.4. The fourth-order valence-electron chi connectivity index (χ4n) is 1.13. The minimum Gasteiger partial charge on any atom is -0.368 e. The molecule has 6 heteroatoms. The summed E-state index contributed by atoms with van der Waals surface area (Å²) >= 11 is 11.7. The molecule has 1 atom stereocenters. The van der Waals surface area contributed by atoms with Crippen LogP contribution in [-0.4, -0.2) is 17.9 Å². The second-order valence-electron chi connectivity index (χ2n) is 3.63. The lowest BCUT2D eigenvalue weighted by Gasteiger charge is -2.07. The van der Waals surface area contributed by atoms with Crippen molar-refractivity contribution in [2.45, 2.75) is 13.0 Å². The van der Waals surface area contributed by atoms with Gasteiger partial charge in [-0.3, -0.25) is 9.59 Å². The molecule has 1 aromatic carbocycles. The van der Waals surface area contributed by atoms with Gasteiger partial charge in [-0.15, -0.1) is 0 Å². The Hall–Kier alpha value is -1.52. The third-order valence-corrected chi connectivity index (χ3v) is 2.72. The first-order valence-corrected chi connectivity index (χ1v) is 5.88. The lowest BCUT2D eigenvalue weighted by atomic mass is 10.2. The zero-order valence-electron chi connectivity index (χ0n) is 9.61. The monoisotopic (exact) mass is 286 g/mol. The predicted molar refractivity (Wildman–Crippen MR) is 72.3 cm³/mol. The molecule has 96 valence electrons. The molecule has 1 aromatic rings. The Labute approximate surface area is 115 Å². The van der Waals surface area contributed by atoms with Crippen molar-refractivity contribution < 1.29 is 9.59 Å². The average Bonchev–Trinajstić information content (AvgIpc) is 2.27. The predicted octanol–water partition coefficient (Wildman–Crippen LogP) is 2.00. The van der Waals surface area contributed by atoms with Gasteiger partial charge < -0.3 is 11.1 Å². The fourth-order valence-corrected chi connectivity index (χ4v) is 1.61. The van der Waals surface area contributed by atoms with Gasteiger partial charge in [-0.2, -0.15) is 0 Å². The van der Waals surface area contributed by atoms with Crippen LogP contribution in [-0.2, 0) is 9.59 Å². The number of hydrogen-bond donors (Lipinski definition) is 2. The Morgan fingerprint density at radius 3 is 2.61 bits per heavy atom. The van der Waals surface area contributed by atoms with Gasteiger partial charge in [0.15, 0.2) is 0 Å². The van der Waals surface area contributed by atoms with E-state index in [0.29, 0.717) is 15.6 Å². The van der Waals surface area contributed by atoms with Crippen LogP contribution in [0.1, 0.15) is 12.5 Å². The third kappa shape index (κ3) is 4.39. The van der Waals surface area contributed by atoms with Crippen molar-refractivity contribution in [2.75, 3.05) is 0 Å². The van der Waals surface area contributed by atoms with Crippen LogP contribution in [0.2, 0.25) is 10.0 Å². The van der Waals surface area contributed by atoms with Gasteiger partial charge in [0, 0.05) is 16.1 Å². The summed E-state index contributed by atoms with van der Waals surface area (Å²) in [7, 11) is 0. The van der Waals surface area contributed by atoms with Gasteiger partial charge in [-0.25, -0.2) is 0 Å². The second kappa shape index (κ2) is 6.42. The van der Waals surface area contributed by atoms with E-state index in [1.54, 1.807) is 18.2 Å². The number of hydrogen-bond acceptors (Lipinski definition) is 2. The van der Waals surface area contributed by atoms with E-state index in [1.165, 1.54) is 19.1 Å². The van der Waals surface area contributed by atoms with Crippen molar-refractivity contribution in [3.63, 3.8) is 0 Å². The van der Waals surface area contributed by atoms with Crippen molar-refractivity contribution in [1.29, 1.82) is 0 Å². The number of rotatable bonds is 4. The number of nitrogens with one attached hydrogen (secondary N) is 1. The summed E-state index contributed by atoms with van der Waals surface area (Å²) in [6.45, 7) is 1.50. The molecule has 2 amide bonds. The molecule has 0 fully saturated rings. The van der Waals surface area contributed by atoms with Crippen LogP contribution in [0.3, 0.4) is 0 Å². The van der Waals surface area contributed by atoms with E-state index in [9.17, 15) is 9.59 Å². The van der Waals surface area contributed by atoms with Crippen molar-refractivity contribution >= 4 is 41.1 Å². The van der Waals surface area contributed by atoms with Crippen molar-refractivity contribution in [1.82, 2.24) is 5.32 Å². The number of nitrogens with two attached hydrogens (primary N) is 1. The minimum absolute atomic E-state index is 0.424. The fraction of sp³-hybridized carbons (Fsp3) is 0.167. The highest BCUT2D eigenvalue weighted by molar-refractivity contribution is 6.35. The Morgan fingerprint density at radius 2 is 2.06 bits per heavy atom. The van der Waals surface area contributed by atoms with Crippen LogP contribution in [0, 0.1) is 0 Å². The van der Waals surface area contributed by atoms with Crippen LogP contribution in [0.4, 0.5) is 0 Å². The molecule has 0 heterocycles. The number of halogens is 2. The summed E-state index contributed by atoms with van der Waals surface area (Å²) in [5, 5.41) is 3.37. The Bertz CT molecular complexity index is 501. The van der Waals surface area contributed by atoms with E-state index in [2.05, 4.69) is 5.32 Å². The third-order valence-electron chi connectivity index (χ3n) is 2.16. The number of primary amides is 1. The van der Waals surface area contributed by atoms with Gasteiger partial charge in [-0.1, -0.05) is 29.3 Å². The molecule has 0 saturated heterocycles. The smallest absolute Gasteiger partial charge is 0.244 e. The van der Waals surface area contributed by atoms with Crippen LogP contribution in [0.15, 0.2) is 24.3 Å². The van der Waals surface area contributed by atoms with Crippen molar-refractivity contribution in [2.24, 2.45) is 5.73 Å². The summed E-state index contributed by atoms with van der Waals surface area (Å²) in [6, 6.07) is 4.21. The standard InChI is InChI=1S/C12H12Cl2N2O2/c1-7(12(15)18)16-11(17)5-3-8-2-4-9(13)6-10(8)14/h2-7H,1H3,(H2,15,18)(H,16,17)/b5-3-/t7-/m1/s1. The molecule has 0 aliphatic carbocycles. The lowest BCUT2D eigenvalue weighted by Crippen LogP contribution is -2.41. The zero-order chi connectivity index (χ0) is 13.7. The maximum absolute atomic E-state index is 11.4. The highest BCUT2D eigenvalue weighted by Gasteiger charge is 2.09. The summed E-state index contributed by atoms with van der Waals surface area (Å²) in [5.41, 5.74) is 5.67. The van der Waals surface area contributed by atoms with Gasteiger partial charge in [-0.05, 0) is 30.7 Å². The lowest BCUT2D eigenvalue weighted by molar-refractivity contribution is -0.124. The molecular weight excluding hydrogens is 275 g/mol. The Morgan fingerprint density at radius 1 is 1.39 bits per heavy atom. The molecule has 4 nitrogen and oxygen atoms in total. The quantitative estimate of drug-likeness (QED) is 0.831. The molecule has 1 rings (SSSR count). The number of carbonyl (C=O) groups is 2. The average molecular weight is 287 g/mol. The number of amides is 2.